The standard InChI is InChI=1S/C12H9Cl2O3P/c13-9-4-3-5-10(8-9)16-18(15)17-12-7-2-1-6-11(12)14/h1-8,18H. The van der Waals surface area contributed by atoms with Gasteiger partial charge in [0.05, 0.1) is 5.02 Å². The Bertz CT molecular complexity index is 575. The topological polar surface area (TPSA) is 35.5 Å². The lowest BCUT2D eigenvalue weighted by Gasteiger charge is -2.09. The monoisotopic (exact) mass is 302 g/mol. The fourth-order valence-electron chi connectivity index (χ4n) is 1.26. The largest absolute Gasteiger partial charge is 0.419 e. The van der Waals surface area contributed by atoms with Gasteiger partial charge in [0, 0.05) is 5.02 Å². The van der Waals surface area contributed by atoms with E-state index in [9.17, 15) is 4.57 Å². The second kappa shape index (κ2) is 6.14. The van der Waals surface area contributed by atoms with Crippen LogP contribution < -0.4 is 9.05 Å². The van der Waals surface area contributed by atoms with Gasteiger partial charge in [-0.2, -0.15) is 0 Å². The molecule has 0 N–H and O–H groups in total. The number of benzene rings is 2. The maximum Gasteiger partial charge on any atom is 0.419 e. The van der Waals surface area contributed by atoms with E-state index in [-0.39, 0.29) is 0 Å². The van der Waals surface area contributed by atoms with Crippen molar-refractivity contribution in [3.05, 3.63) is 58.6 Å². The van der Waals surface area contributed by atoms with Crippen molar-refractivity contribution >= 4 is 31.5 Å². The molecule has 0 aliphatic rings. The van der Waals surface area contributed by atoms with Crippen molar-refractivity contribution in [2.45, 2.75) is 0 Å². The highest BCUT2D eigenvalue weighted by molar-refractivity contribution is 7.34. The molecule has 2 aromatic carbocycles. The van der Waals surface area contributed by atoms with E-state index in [4.69, 9.17) is 32.2 Å². The van der Waals surface area contributed by atoms with Crippen molar-refractivity contribution < 1.29 is 13.6 Å². The van der Waals surface area contributed by atoms with E-state index in [1.165, 1.54) is 0 Å². The van der Waals surface area contributed by atoms with E-state index in [1.807, 2.05) is 0 Å². The van der Waals surface area contributed by atoms with Crippen LogP contribution in [0.15, 0.2) is 48.5 Å². The van der Waals surface area contributed by atoms with Gasteiger partial charge in [-0.3, -0.25) is 0 Å². The Labute approximate surface area is 115 Å². The van der Waals surface area contributed by atoms with E-state index in [0.717, 1.165) is 0 Å². The molecular formula is C12H9Cl2O3P. The third-order valence-electron chi connectivity index (χ3n) is 2.03. The summed E-state index contributed by atoms with van der Waals surface area (Å²) in [7, 11) is -2.73. The van der Waals surface area contributed by atoms with Crippen molar-refractivity contribution in [2.75, 3.05) is 0 Å². The highest BCUT2D eigenvalue weighted by Gasteiger charge is 2.07. The van der Waals surface area contributed by atoms with Gasteiger partial charge < -0.3 is 9.05 Å². The van der Waals surface area contributed by atoms with Crippen LogP contribution in [0.2, 0.25) is 10.0 Å². The Morgan fingerprint density at radius 2 is 1.72 bits per heavy atom. The summed E-state index contributed by atoms with van der Waals surface area (Å²) in [5.41, 5.74) is 0. The maximum absolute atomic E-state index is 11.7. The molecule has 6 heteroatoms. The Kier molecular flexibility index (Phi) is 4.54. The molecule has 0 saturated heterocycles. The summed E-state index contributed by atoms with van der Waals surface area (Å²) in [6.45, 7) is 0. The van der Waals surface area contributed by atoms with Crippen LogP contribution in [0.25, 0.3) is 0 Å². The van der Waals surface area contributed by atoms with Gasteiger partial charge in [-0.25, -0.2) is 4.57 Å². The second-order valence-electron chi connectivity index (χ2n) is 3.34. The van der Waals surface area contributed by atoms with Crippen LogP contribution in [0.1, 0.15) is 0 Å². The molecule has 0 heterocycles. The average molecular weight is 303 g/mol. The first-order valence-corrected chi connectivity index (χ1v) is 7.03. The quantitative estimate of drug-likeness (QED) is 0.758. The van der Waals surface area contributed by atoms with Crippen LogP contribution in [0.4, 0.5) is 0 Å². The fourth-order valence-corrected chi connectivity index (χ4v) is 2.40. The molecule has 0 aromatic heterocycles. The zero-order chi connectivity index (χ0) is 13.0. The van der Waals surface area contributed by atoms with Gasteiger partial charge in [0.1, 0.15) is 11.5 Å². The molecule has 0 aliphatic heterocycles. The van der Waals surface area contributed by atoms with Crippen molar-refractivity contribution in [3.8, 4) is 11.5 Å². The third kappa shape index (κ3) is 3.67. The van der Waals surface area contributed by atoms with Crippen LogP contribution >= 0.6 is 31.5 Å². The van der Waals surface area contributed by atoms with Crippen LogP contribution in [0.3, 0.4) is 0 Å². The Balaban J connectivity index is 2.03. The van der Waals surface area contributed by atoms with Gasteiger partial charge in [-0.1, -0.05) is 41.4 Å². The minimum atomic E-state index is -2.73. The third-order valence-corrected chi connectivity index (χ3v) is 3.36. The van der Waals surface area contributed by atoms with Crippen LogP contribution in [-0.4, -0.2) is 0 Å². The van der Waals surface area contributed by atoms with Crippen LogP contribution in [0.5, 0.6) is 11.5 Å². The van der Waals surface area contributed by atoms with Crippen molar-refractivity contribution in [1.29, 1.82) is 0 Å². The van der Waals surface area contributed by atoms with Crippen molar-refractivity contribution in [1.82, 2.24) is 0 Å². The SMILES string of the molecule is O=[PH](Oc1cccc(Cl)c1)Oc1ccccc1Cl. The minimum Gasteiger partial charge on any atom is -0.418 e. The van der Waals surface area contributed by atoms with Gasteiger partial charge in [-0.05, 0) is 30.3 Å². The lowest BCUT2D eigenvalue weighted by molar-refractivity contribution is 0.415. The molecule has 1 unspecified atom stereocenters. The second-order valence-corrected chi connectivity index (χ2v) is 5.09. The molecule has 0 bridgehead atoms. The summed E-state index contributed by atoms with van der Waals surface area (Å²) >= 11 is 11.7. The Hall–Kier alpha value is -1.15. The van der Waals surface area contributed by atoms with Crippen LogP contribution in [-0.2, 0) is 4.57 Å². The number of hydrogen-bond donors (Lipinski definition) is 0. The van der Waals surface area contributed by atoms with Crippen LogP contribution in [0, 0.1) is 0 Å². The molecule has 0 radical (unpaired) electrons. The lowest BCUT2D eigenvalue weighted by Crippen LogP contribution is -1.89. The number of hydrogen-bond acceptors (Lipinski definition) is 3. The summed E-state index contributed by atoms with van der Waals surface area (Å²) in [6, 6.07) is 13.3. The maximum atomic E-state index is 11.7. The number of para-hydroxylation sites is 1. The highest BCUT2D eigenvalue weighted by atomic mass is 35.5. The van der Waals surface area contributed by atoms with Gasteiger partial charge in [0.15, 0.2) is 0 Å². The molecule has 0 fully saturated rings. The molecule has 3 nitrogen and oxygen atoms in total. The normalized spacial score (nSPS) is 11.9. The molecular weight excluding hydrogens is 294 g/mol. The molecule has 0 amide bonds. The Morgan fingerprint density at radius 3 is 2.44 bits per heavy atom. The molecule has 18 heavy (non-hydrogen) atoms. The molecule has 1 atom stereocenters. The molecule has 0 spiro atoms. The first-order valence-electron chi connectivity index (χ1n) is 5.05. The van der Waals surface area contributed by atoms with E-state index in [0.29, 0.717) is 21.5 Å². The summed E-state index contributed by atoms with van der Waals surface area (Å²) in [5, 5.41) is 0.880. The highest BCUT2D eigenvalue weighted by Crippen LogP contribution is 2.34. The van der Waals surface area contributed by atoms with Crippen molar-refractivity contribution in [3.63, 3.8) is 0 Å². The predicted molar refractivity (Wildman–Crippen MR) is 73.2 cm³/mol. The fraction of sp³-hybridized carbons (Fsp3) is 0. The smallest absolute Gasteiger partial charge is 0.418 e. The average Bonchev–Trinajstić information content (AvgIpc) is 2.32. The molecule has 94 valence electrons. The number of rotatable bonds is 4. The first kappa shape index (κ1) is 13.3. The summed E-state index contributed by atoms with van der Waals surface area (Å²) in [6.07, 6.45) is 0. The summed E-state index contributed by atoms with van der Waals surface area (Å²) in [5.74, 6) is 0.712. The molecule has 2 aromatic rings. The zero-order valence-electron chi connectivity index (χ0n) is 9.10. The van der Waals surface area contributed by atoms with E-state index >= 15 is 0 Å². The summed E-state index contributed by atoms with van der Waals surface area (Å²) in [4.78, 5) is 0. The van der Waals surface area contributed by atoms with Gasteiger partial charge in [-0.15, -0.1) is 0 Å². The predicted octanol–water partition coefficient (Wildman–Crippen LogP) is 4.84. The number of halogens is 2. The molecule has 0 aliphatic carbocycles. The van der Waals surface area contributed by atoms with Gasteiger partial charge in [0.2, 0.25) is 0 Å². The Morgan fingerprint density at radius 1 is 0.944 bits per heavy atom. The lowest BCUT2D eigenvalue weighted by atomic mass is 10.3. The molecule has 0 saturated carbocycles. The molecule has 2 rings (SSSR count). The van der Waals surface area contributed by atoms with Gasteiger partial charge in [0.25, 0.3) is 0 Å². The zero-order valence-corrected chi connectivity index (χ0v) is 11.6. The van der Waals surface area contributed by atoms with Gasteiger partial charge >= 0.3 is 8.25 Å². The van der Waals surface area contributed by atoms with E-state index in [2.05, 4.69) is 0 Å². The summed E-state index contributed by atoms with van der Waals surface area (Å²) < 4.78 is 22.0. The first-order chi connectivity index (χ1) is 8.65. The van der Waals surface area contributed by atoms with E-state index < -0.39 is 8.25 Å². The van der Waals surface area contributed by atoms with E-state index in [1.54, 1.807) is 48.5 Å². The van der Waals surface area contributed by atoms with Crippen molar-refractivity contribution in [2.24, 2.45) is 0 Å². The minimum absolute atomic E-state index is 0.324.